The Hall–Kier alpha value is 0.130. The summed E-state index contributed by atoms with van der Waals surface area (Å²) in [5, 5.41) is 3.19. The van der Waals surface area contributed by atoms with Gasteiger partial charge in [0.2, 0.25) is 0 Å². The quantitative estimate of drug-likeness (QED) is 0.764. The molecule has 1 aromatic rings. The zero-order valence-electron chi connectivity index (χ0n) is 10.5. The van der Waals surface area contributed by atoms with Crippen LogP contribution in [0, 0.1) is 11.8 Å². The first-order valence-corrected chi connectivity index (χ1v) is 8.65. The Kier molecular flexibility index (Phi) is 4.89. The van der Waals surface area contributed by atoms with Crippen molar-refractivity contribution in [3.63, 3.8) is 0 Å². The standard InChI is InChI=1S/C13H17Br2NOS/c1-7-4-3-5-10(8(7)2)16-13(17)11-6-9(14)12(15)18-11/h6-8,10H,3-5H2,1-2H3,(H,16,17)/t7-,8+,10-/m1/s1. The molecule has 100 valence electrons. The molecule has 0 saturated heterocycles. The van der Waals surface area contributed by atoms with E-state index in [0.29, 0.717) is 17.9 Å². The zero-order valence-corrected chi connectivity index (χ0v) is 14.5. The van der Waals surface area contributed by atoms with E-state index in [1.807, 2.05) is 6.07 Å². The van der Waals surface area contributed by atoms with Crippen LogP contribution in [0.1, 0.15) is 42.8 Å². The van der Waals surface area contributed by atoms with Crippen molar-refractivity contribution in [2.45, 2.75) is 39.2 Å². The largest absolute Gasteiger partial charge is 0.348 e. The first-order valence-electron chi connectivity index (χ1n) is 6.24. The molecule has 1 heterocycles. The molecule has 0 aliphatic heterocycles. The maximum absolute atomic E-state index is 12.2. The van der Waals surface area contributed by atoms with Gasteiger partial charge in [-0.05, 0) is 56.2 Å². The van der Waals surface area contributed by atoms with Gasteiger partial charge in [0.25, 0.3) is 5.91 Å². The van der Waals surface area contributed by atoms with Crippen molar-refractivity contribution >= 4 is 49.1 Å². The Labute approximate surface area is 129 Å². The lowest BCUT2D eigenvalue weighted by Gasteiger charge is -2.34. The minimum Gasteiger partial charge on any atom is -0.348 e. The number of carbonyl (C=O) groups is 1. The molecule has 0 unspecified atom stereocenters. The fraction of sp³-hybridized carbons (Fsp3) is 0.615. The lowest BCUT2D eigenvalue weighted by atomic mass is 9.78. The molecule has 0 aromatic carbocycles. The van der Waals surface area contributed by atoms with Gasteiger partial charge >= 0.3 is 0 Å². The molecule has 0 spiro atoms. The number of rotatable bonds is 2. The summed E-state index contributed by atoms with van der Waals surface area (Å²) in [4.78, 5) is 13.0. The predicted molar refractivity (Wildman–Crippen MR) is 83.2 cm³/mol. The van der Waals surface area contributed by atoms with Crippen LogP contribution in [0.4, 0.5) is 0 Å². The third kappa shape index (κ3) is 3.17. The van der Waals surface area contributed by atoms with E-state index in [1.165, 1.54) is 24.2 Å². The lowest BCUT2D eigenvalue weighted by molar-refractivity contribution is 0.0895. The fourth-order valence-electron chi connectivity index (χ4n) is 2.48. The molecule has 0 radical (unpaired) electrons. The molecule has 1 aliphatic carbocycles. The predicted octanol–water partition coefficient (Wildman–Crippen LogP) is 4.83. The van der Waals surface area contributed by atoms with Crippen LogP contribution in [0.5, 0.6) is 0 Å². The van der Waals surface area contributed by atoms with Gasteiger partial charge < -0.3 is 5.32 Å². The molecular formula is C13H17Br2NOS. The first-order chi connectivity index (χ1) is 8.49. The minimum absolute atomic E-state index is 0.0531. The summed E-state index contributed by atoms with van der Waals surface area (Å²) in [6, 6.07) is 2.20. The van der Waals surface area contributed by atoms with Gasteiger partial charge in [-0.3, -0.25) is 4.79 Å². The number of nitrogens with one attached hydrogen (secondary N) is 1. The molecule has 0 bridgehead atoms. The van der Waals surface area contributed by atoms with E-state index in [1.54, 1.807) is 0 Å². The summed E-state index contributed by atoms with van der Waals surface area (Å²) in [6.45, 7) is 4.52. The fourth-order valence-corrected chi connectivity index (χ4v) is 4.42. The van der Waals surface area contributed by atoms with Crippen molar-refractivity contribution in [1.29, 1.82) is 0 Å². The molecule has 1 aromatic heterocycles. The van der Waals surface area contributed by atoms with Crippen molar-refractivity contribution < 1.29 is 4.79 Å². The van der Waals surface area contributed by atoms with E-state index in [9.17, 15) is 4.79 Å². The second kappa shape index (κ2) is 6.06. The van der Waals surface area contributed by atoms with E-state index >= 15 is 0 Å². The highest BCUT2D eigenvalue weighted by molar-refractivity contribution is 9.13. The van der Waals surface area contributed by atoms with Crippen LogP contribution in [0.25, 0.3) is 0 Å². The highest BCUT2D eigenvalue weighted by Crippen LogP contribution is 2.33. The number of halogens is 2. The topological polar surface area (TPSA) is 29.1 Å². The smallest absolute Gasteiger partial charge is 0.261 e. The molecule has 2 nitrogen and oxygen atoms in total. The zero-order chi connectivity index (χ0) is 13.3. The molecule has 1 N–H and O–H groups in total. The third-order valence-corrected chi connectivity index (χ3v) is 7.15. The van der Waals surface area contributed by atoms with Gasteiger partial charge in [0.15, 0.2) is 0 Å². The SMILES string of the molecule is C[C@H]1[C@H](C)CCC[C@H]1NC(=O)c1cc(Br)c(Br)s1. The third-order valence-electron chi connectivity index (χ3n) is 3.89. The Bertz CT molecular complexity index is 427. The molecule has 1 amide bonds. The highest BCUT2D eigenvalue weighted by Gasteiger charge is 2.28. The molecule has 1 aliphatic rings. The maximum Gasteiger partial charge on any atom is 0.261 e. The normalized spacial score (nSPS) is 28.1. The number of thiophene rings is 1. The number of carbonyl (C=O) groups excluding carboxylic acids is 1. The Morgan fingerprint density at radius 1 is 1.39 bits per heavy atom. The summed E-state index contributed by atoms with van der Waals surface area (Å²) in [7, 11) is 0. The van der Waals surface area contributed by atoms with Crippen molar-refractivity contribution in [1.82, 2.24) is 5.32 Å². The van der Waals surface area contributed by atoms with Crippen LogP contribution < -0.4 is 5.32 Å². The maximum atomic E-state index is 12.2. The van der Waals surface area contributed by atoms with Crippen molar-refractivity contribution in [3.8, 4) is 0 Å². The van der Waals surface area contributed by atoms with Gasteiger partial charge in [0, 0.05) is 10.5 Å². The van der Waals surface area contributed by atoms with Crippen LogP contribution in [0.3, 0.4) is 0 Å². The minimum atomic E-state index is 0.0531. The molecule has 18 heavy (non-hydrogen) atoms. The highest BCUT2D eigenvalue weighted by atomic mass is 79.9. The van der Waals surface area contributed by atoms with E-state index in [-0.39, 0.29) is 5.91 Å². The Balaban J connectivity index is 2.02. The van der Waals surface area contributed by atoms with Gasteiger partial charge in [-0.25, -0.2) is 0 Å². The monoisotopic (exact) mass is 393 g/mol. The molecule has 5 heteroatoms. The van der Waals surface area contributed by atoms with Crippen LogP contribution >= 0.6 is 43.2 Å². The number of hydrogen-bond donors (Lipinski definition) is 1. The van der Waals surface area contributed by atoms with Crippen LogP contribution in [-0.4, -0.2) is 11.9 Å². The van der Waals surface area contributed by atoms with Gasteiger partial charge in [-0.15, -0.1) is 11.3 Å². The van der Waals surface area contributed by atoms with E-state index in [4.69, 9.17) is 0 Å². The van der Waals surface area contributed by atoms with Crippen molar-refractivity contribution in [3.05, 3.63) is 19.2 Å². The van der Waals surface area contributed by atoms with Gasteiger partial charge in [-0.2, -0.15) is 0 Å². The Morgan fingerprint density at radius 2 is 2.11 bits per heavy atom. The Morgan fingerprint density at radius 3 is 2.72 bits per heavy atom. The summed E-state index contributed by atoms with van der Waals surface area (Å²) in [5.74, 6) is 1.32. The van der Waals surface area contributed by atoms with Crippen LogP contribution in [0.15, 0.2) is 14.3 Å². The summed E-state index contributed by atoms with van der Waals surface area (Å²) in [6.07, 6.45) is 3.60. The summed E-state index contributed by atoms with van der Waals surface area (Å²) >= 11 is 8.31. The summed E-state index contributed by atoms with van der Waals surface area (Å²) in [5.41, 5.74) is 0. The van der Waals surface area contributed by atoms with E-state index < -0.39 is 0 Å². The average Bonchev–Trinajstić information content (AvgIpc) is 2.66. The molecule has 1 saturated carbocycles. The number of amides is 1. The average molecular weight is 395 g/mol. The number of hydrogen-bond acceptors (Lipinski definition) is 2. The molecule has 1 fully saturated rings. The van der Waals surface area contributed by atoms with Crippen LogP contribution in [0.2, 0.25) is 0 Å². The molecule has 2 rings (SSSR count). The second-order valence-corrected chi connectivity index (χ2v) is 8.30. The van der Waals surface area contributed by atoms with E-state index in [0.717, 1.165) is 19.6 Å². The van der Waals surface area contributed by atoms with E-state index in [2.05, 4.69) is 51.0 Å². The second-order valence-electron chi connectivity index (χ2n) is 5.08. The lowest BCUT2D eigenvalue weighted by Crippen LogP contribution is -2.43. The van der Waals surface area contributed by atoms with Gasteiger partial charge in [0.05, 0.1) is 8.66 Å². The van der Waals surface area contributed by atoms with Crippen molar-refractivity contribution in [2.75, 3.05) is 0 Å². The molecular weight excluding hydrogens is 378 g/mol. The van der Waals surface area contributed by atoms with Gasteiger partial charge in [-0.1, -0.05) is 26.7 Å². The van der Waals surface area contributed by atoms with Crippen molar-refractivity contribution in [2.24, 2.45) is 11.8 Å². The van der Waals surface area contributed by atoms with Gasteiger partial charge in [0.1, 0.15) is 0 Å². The summed E-state index contributed by atoms with van der Waals surface area (Å²) < 4.78 is 1.92. The molecule has 3 atom stereocenters. The first kappa shape index (κ1) is 14.5. The van der Waals surface area contributed by atoms with Crippen LogP contribution in [-0.2, 0) is 0 Å².